The number of carbonyl (C=O) groups is 1. The van der Waals surface area contributed by atoms with Crippen LogP contribution in [0.4, 0.5) is 0 Å². The average Bonchev–Trinajstić information content (AvgIpc) is 2.07. The van der Waals surface area contributed by atoms with E-state index < -0.39 is 5.91 Å². The molecule has 1 fully saturated rings. The van der Waals surface area contributed by atoms with Crippen LogP contribution < -0.4 is 11.4 Å². The van der Waals surface area contributed by atoms with Crippen molar-refractivity contribution >= 4 is 5.91 Å². The van der Waals surface area contributed by atoms with Crippen molar-refractivity contribution in [3.8, 4) is 0 Å². The Morgan fingerprint density at radius 1 is 1.60 bits per heavy atom. The van der Waals surface area contributed by atoms with Gasteiger partial charge < -0.3 is 10.3 Å². The summed E-state index contributed by atoms with van der Waals surface area (Å²) in [4.78, 5) is 26.5. The molecular formula is C10H13N3O2. The quantitative estimate of drug-likeness (QED) is 0.749. The first-order chi connectivity index (χ1) is 7.09. The van der Waals surface area contributed by atoms with E-state index in [-0.39, 0.29) is 11.6 Å². The third kappa shape index (κ3) is 1.65. The van der Waals surface area contributed by atoms with E-state index >= 15 is 0 Å². The smallest absolute Gasteiger partial charge is 0.347 e. The molecule has 1 heterocycles. The summed E-state index contributed by atoms with van der Waals surface area (Å²) in [5, 5.41) is 0. The molecule has 1 aliphatic rings. The van der Waals surface area contributed by atoms with Crippen LogP contribution in [-0.2, 0) is 7.05 Å². The Balaban J connectivity index is 2.54. The van der Waals surface area contributed by atoms with Crippen LogP contribution in [-0.4, -0.2) is 15.5 Å². The van der Waals surface area contributed by atoms with Crippen LogP contribution >= 0.6 is 0 Å². The molecule has 5 nitrogen and oxygen atoms in total. The molecule has 0 atom stereocenters. The molecule has 1 saturated carbocycles. The molecule has 2 rings (SSSR count). The van der Waals surface area contributed by atoms with E-state index in [1.54, 1.807) is 7.05 Å². The van der Waals surface area contributed by atoms with E-state index in [9.17, 15) is 9.59 Å². The minimum absolute atomic E-state index is 0.237. The molecule has 0 spiro atoms. The number of rotatable bonds is 2. The second-order valence-electron chi connectivity index (χ2n) is 3.93. The molecule has 0 saturated heterocycles. The highest BCUT2D eigenvalue weighted by molar-refractivity contribution is 5.93. The molecule has 1 aromatic rings. The van der Waals surface area contributed by atoms with Crippen molar-refractivity contribution in [2.45, 2.75) is 25.2 Å². The Labute approximate surface area is 86.9 Å². The molecule has 2 N–H and O–H groups in total. The van der Waals surface area contributed by atoms with Crippen molar-refractivity contribution in [2.75, 3.05) is 0 Å². The SMILES string of the molecule is Cn1cc(C(N)=O)c(C2CCC2)nc1=O. The number of amides is 1. The summed E-state index contributed by atoms with van der Waals surface area (Å²) in [6.45, 7) is 0. The van der Waals surface area contributed by atoms with Gasteiger partial charge in [-0.05, 0) is 12.8 Å². The maximum atomic E-state index is 11.4. The summed E-state index contributed by atoms with van der Waals surface area (Å²) >= 11 is 0. The van der Waals surface area contributed by atoms with E-state index in [2.05, 4.69) is 4.98 Å². The Morgan fingerprint density at radius 2 is 2.27 bits per heavy atom. The topological polar surface area (TPSA) is 78.0 Å². The first kappa shape index (κ1) is 9.89. The van der Waals surface area contributed by atoms with Gasteiger partial charge in [0.05, 0.1) is 11.3 Å². The molecule has 0 aromatic carbocycles. The summed E-state index contributed by atoms with van der Waals surface area (Å²) in [5.41, 5.74) is 5.88. The lowest BCUT2D eigenvalue weighted by Gasteiger charge is -2.25. The summed E-state index contributed by atoms with van der Waals surface area (Å²) in [5.74, 6) is -0.276. The maximum Gasteiger partial charge on any atom is 0.347 e. The van der Waals surface area contributed by atoms with Gasteiger partial charge in [0.25, 0.3) is 5.91 Å². The number of nitrogens with zero attached hydrogens (tertiary/aromatic N) is 2. The number of carbonyl (C=O) groups excluding carboxylic acids is 1. The van der Waals surface area contributed by atoms with Gasteiger partial charge in [0.1, 0.15) is 0 Å². The fourth-order valence-electron chi connectivity index (χ4n) is 1.74. The van der Waals surface area contributed by atoms with Gasteiger partial charge in [-0.2, -0.15) is 4.98 Å². The number of hydrogen-bond acceptors (Lipinski definition) is 3. The van der Waals surface area contributed by atoms with Crippen LogP contribution in [0.3, 0.4) is 0 Å². The second-order valence-corrected chi connectivity index (χ2v) is 3.93. The Hall–Kier alpha value is -1.65. The standard InChI is InChI=1S/C10H13N3O2/c1-13-5-7(9(11)14)8(12-10(13)15)6-3-2-4-6/h5-6H,2-4H2,1H3,(H2,11,14). The van der Waals surface area contributed by atoms with Crippen molar-refractivity contribution in [3.05, 3.63) is 27.9 Å². The molecule has 0 unspecified atom stereocenters. The van der Waals surface area contributed by atoms with Gasteiger partial charge in [0, 0.05) is 19.2 Å². The van der Waals surface area contributed by atoms with E-state index in [4.69, 9.17) is 5.73 Å². The zero-order valence-corrected chi connectivity index (χ0v) is 8.56. The third-order valence-electron chi connectivity index (χ3n) is 2.87. The Bertz CT molecular complexity index is 460. The zero-order chi connectivity index (χ0) is 11.0. The van der Waals surface area contributed by atoms with Gasteiger partial charge in [0.2, 0.25) is 0 Å². The van der Waals surface area contributed by atoms with E-state index in [1.165, 1.54) is 10.8 Å². The van der Waals surface area contributed by atoms with Crippen molar-refractivity contribution in [3.63, 3.8) is 0 Å². The molecule has 1 amide bonds. The highest BCUT2D eigenvalue weighted by Gasteiger charge is 2.26. The molecule has 0 bridgehead atoms. The van der Waals surface area contributed by atoms with Gasteiger partial charge in [0.15, 0.2) is 0 Å². The van der Waals surface area contributed by atoms with Crippen LogP contribution in [0.15, 0.2) is 11.0 Å². The van der Waals surface area contributed by atoms with Gasteiger partial charge in [-0.25, -0.2) is 4.79 Å². The van der Waals surface area contributed by atoms with Crippen molar-refractivity contribution < 1.29 is 4.79 Å². The molecule has 5 heteroatoms. The first-order valence-electron chi connectivity index (χ1n) is 4.97. The van der Waals surface area contributed by atoms with E-state index in [1.807, 2.05) is 0 Å². The first-order valence-corrected chi connectivity index (χ1v) is 4.97. The minimum atomic E-state index is -0.514. The van der Waals surface area contributed by atoms with Crippen LogP contribution in [0, 0.1) is 0 Å². The minimum Gasteiger partial charge on any atom is -0.365 e. The van der Waals surface area contributed by atoms with Gasteiger partial charge in [-0.1, -0.05) is 6.42 Å². The fraction of sp³-hybridized carbons (Fsp3) is 0.500. The lowest BCUT2D eigenvalue weighted by atomic mass is 9.81. The predicted molar refractivity (Wildman–Crippen MR) is 54.6 cm³/mol. The van der Waals surface area contributed by atoms with Crippen LogP contribution in [0.5, 0.6) is 0 Å². The van der Waals surface area contributed by atoms with Gasteiger partial charge >= 0.3 is 5.69 Å². The van der Waals surface area contributed by atoms with Crippen LogP contribution in [0.25, 0.3) is 0 Å². The lowest BCUT2D eigenvalue weighted by molar-refractivity contribution is 0.0996. The number of nitrogens with two attached hydrogens (primary N) is 1. The number of aryl methyl sites for hydroxylation is 1. The molecule has 15 heavy (non-hydrogen) atoms. The van der Waals surface area contributed by atoms with Crippen molar-refractivity contribution in [2.24, 2.45) is 12.8 Å². The highest BCUT2D eigenvalue weighted by atomic mass is 16.1. The summed E-state index contributed by atoms with van der Waals surface area (Å²) in [6, 6.07) is 0. The van der Waals surface area contributed by atoms with Crippen molar-refractivity contribution in [1.82, 2.24) is 9.55 Å². The maximum absolute atomic E-state index is 11.4. The predicted octanol–water partition coefficient (Wildman–Crippen LogP) is 0.147. The zero-order valence-electron chi connectivity index (χ0n) is 8.56. The molecule has 1 aromatic heterocycles. The molecule has 80 valence electrons. The number of primary amides is 1. The van der Waals surface area contributed by atoms with Crippen molar-refractivity contribution in [1.29, 1.82) is 0 Å². The normalized spacial score (nSPS) is 16.1. The molecule has 0 radical (unpaired) electrons. The fourth-order valence-corrected chi connectivity index (χ4v) is 1.74. The summed E-state index contributed by atoms with van der Waals surface area (Å²) in [6.07, 6.45) is 4.58. The van der Waals surface area contributed by atoms with Crippen LogP contribution in [0.2, 0.25) is 0 Å². The summed E-state index contributed by atoms with van der Waals surface area (Å²) in [7, 11) is 1.56. The highest BCUT2D eigenvalue weighted by Crippen LogP contribution is 2.36. The molecule has 0 aliphatic heterocycles. The number of hydrogen-bond donors (Lipinski definition) is 1. The van der Waals surface area contributed by atoms with Gasteiger partial charge in [-0.3, -0.25) is 4.79 Å². The third-order valence-corrected chi connectivity index (χ3v) is 2.87. The van der Waals surface area contributed by atoms with E-state index in [0.29, 0.717) is 11.3 Å². The lowest BCUT2D eigenvalue weighted by Crippen LogP contribution is -2.29. The average molecular weight is 207 g/mol. The second kappa shape index (κ2) is 3.49. The summed E-state index contributed by atoms with van der Waals surface area (Å²) < 4.78 is 1.28. The van der Waals surface area contributed by atoms with Gasteiger partial charge in [-0.15, -0.1) is 0 Å². The Kier molecular flexibility index (Phi) is 2.30. The monoisotopic (exact) mass is 207 g/mol. The Morgan fingerprint density at radius 3 is 2.73 bits per heavy atom. The molecular weight excluding hydrogens is 194 g/mol. The van der Waals surface area contributed by atoms with Crippen LogP contribution in [0.1, 0.15) is 41.2 Å². The largest absolute Gasteiger partial charge is 0.365 e. The molecule has 1 aliphatic carbocycles. The van der Waals surface area contributed by atoms with E-state index in [0.717, 1.165) is 19.3 Å². The number of aromatic nitrogens is 2.